The molecule has 0 saturated heterocycles. The molecule has 0 spiro atoms. The van der Waals surface area contributed by atoms with E-state index in [1.807, 2.05) is 19.1 Å². The number of benzene rings is 1. The van der Waals surface area contributed by atoms with Crippen LogP contribution >= 0.6 is 15.9 Å². The second-order valence-corrected chi connectivity index (χ2v) is 3.93. The molecule has 2 rings (SSSR count). The molecule has 0 saturated carbocycles. The van der Waals surface area contributed by atoms with E-state index in [2.05, 4.69) is 15.9 Å². The summed E-state index contributed by atoms with van der Waals surface area (Å²) in [5, 5.41) is 0. The van der Waals surface area contributed by atoms with Crippen molar-refractivity contribution in [3.63, 3.8) is 0 Å². The molecule has 1 aromatic rings. The Labute approximate surface area is 79.8 Å². The van der Waals surface area contributed by atoms with E-state index in [1.165, 1.54) is 5.56 Å². The van der Waals surface area contributed by atoms with Gasteiger partial charge in [0.15, 0.2) is 0 Å². The minimum Gasteiger partial charge on any atom is -0.488 e. The van der Waals surface area contributed by atoms with Crippen LogP contribution in [-0.4, -0.2) is 6.10 Å². The first-order chi connectivity index (χ1) is 5.68. The predicted molar refractivity (Wildman–Crippen MR) is 52.3 cm³/mol. The number of halogens is 1. The lowest BCUT2D eigenvalue weighted by molar-refractivity contribution is 0.256. The summed E-state index contributed by atoms with van der Waals surface area (Å²) in [6.45, 7) is 2.05. The minimum atomic E-state index is 0.251. The van der Waals surface area contributed by atoms with Crippen LogP contribution in [0.5, 0.6) is 5.75 Å². The van der Waals surface area contributed by atoms with Gasteiger partial charge in [-0.05, 0) is 19.1 Å². The summed E-state index contributed by atoms with van der Waals surface area (Å²) in [5.41, 5.74) is 7.69. The average Bonchev–Trinajstić information content (AvgIpc) is 2.41. The highest BCUT2D eigenvalue weighted by atomic mass is 79.9. The third-order valence-electron chi connectivity index (χ3n) is 2.04. The molecular weight excluding hydrogens is 218 g/mol. The molecule has 2 N–H and O–H groups in total. The van der Waals surface area contributed by atoms with Crippen molar-refractivity contribution in [2.45, 2.75) is 19.4 Å². The first-order valence-corrected chi connectivity index (χ1v) is 4.71. The molecule has 1 aliphatic heterocycles. The highest BCUT2D eigenvalue weighted by Crippen LogP contribution is 2.38. The largest absolute Gasteiger partial charge is 0.488 e. The summed E-state index contributed by atoms with van der Waals surface area (Å²) < 4.78 is 6.66. The average molecular weight is 228 g/mol. The molecule has 1 atom stereocenters. The van der Waals surface area contributed by atoms with Crippen LogP contribution in [0, 0.1) is 0 Å². The van der Waals surface area contributed by atoms with Gasteiger partial charge in [-0.1, -0.05) is 15.9 Å². The van der Waals surface area contributed by atoms with E-state index in [1.54, 1.807) is 0 Å². The first kappa shape index (κ1) is 7.92. The molecule has 3 heteroatoms. The summed E-state index contributed by atoms with van der Waals surface area (Å²) in [6.07, 6.45) is 1.20. The molecule has 0 unspecified atom stereocenters. The van der Waals surface area contributed by atoms with E-state index in [9.17, 15) is 0 Å². The van der Waals surface area contributed by atoms with E-state index < -0.39 is 0 Å². The van der Waals surface area contributed by atoms with Crippen LogP contribution in [0.1, 0.15) is 12.5 Å². The lowest BCUT2D eigenvalue weighted by Crippen LogP contribution is -2.05. The van der Waals surface area contributed by atoms with E-state index in [0.717, 1.165) is 22.3 Å². The van der Waals surface area contributed by atoms with Gasteiger partial charge < -0.3 is 10.5 Å². The van der Waals surface area contributed by atoms with Crippen molar-refractivity contribution in [2.24, 2.45) is 0 Å². The number of nitrogens with two attached hydrogens (primary N) is 1. The van der Waals surface area contributed by atoms with Crippen molar-refractivity contribution in [1.82, 2.24) is 0 Å². The molecule has 1 aromatic carbocycles. The predicted octanol–water partition coefficient (Wildman–Crippen LogP) is 2.35. The second kappa shape index (κ2) is 2.66. The quantitative estimate of drug-likeness (QED) is 0.691. The molecule has 0 aliphatic carbocycles. The highest BCUT2D eigenvalue weighted by Gasteiger charge is 2.23. The molecule has 12 heavy (non-hydrogen) atoms. The van der Waals surface area contributed by atoms with E-state index >= 15 is 0 Å². The maximum Gasteiger partial charge on any atom is 0.147 e. The summed E-state index contributed by atoms with van der Waals surface area (Å²) in [5.74, 6) is 0.858. The Bertz CT molecular complexity index is 294. The fourth-order valence-electron chi connectivity index (χ4n) is 1.48. The van der Waals surface area contributed by atoms with Crippen LogP contribution in [0.3, 0.4) is 0 Å². The maximum absolute atomic E-state index is 5.76. The third-order valence-corrected chi connectivity index (χ3v) is 2.79. The van der Waals surface area contributed by atoms with Gasteiger partial charge in [0.05, 0.1) is 5.69 Å². The van der Waals surface area contributed by atoms with Crippen molar-refractivity contribution in [2.75, 3.05) is 5.73 Å². The van der Waals surface area contributed by atoms with Crippen LogP contribution in [0.2, 0.25) is 0 Å². The van der Waals surface area contributed by atoms with Gasteiger partial charge in [-0.25, -0.2) is 0 Å². The molecule has 2 nitrogen and oxygen atoms in total. The molecule has 1 heterocycles. The summed E-state index contributed by atoms with van der Waals surface area (Å²) in [7, 11) is 0. The Morgan fingerprint density at radius 1 is 1.58 bits per heavy atom. The highest BCUT2D eigenvalue weighted by molar-refractivity contribution is 9.10. The number of hydrogen-bond acceptors (Lipinski definition) is 2. The summed E-state index contributed by atoms with van der Waals surface area (Å²) in [6, 6.07) is 3.83. The Kier molecular flexibility index (Phi) is 1.76. The SMILES string of the molecule is C[C@@H]1Cc2c(Br)ccc(N)c2O1. The number of ether oxygens (including phenoxy) is 1. The van der Waals surface area contributed by atoms with Crippen LogP contribution < -0.4 is 10.5 Å². The number of fused-ring (bicyclic) bond motifs is 1. The number of anilines is 1. The zero-order valence-electron chi connectivity index (χ0n) is 6.80. The number of rotatable bonds is 0. The van der Waals surface area contributed by atoms with E-state index in [0.29, 0.717) is 0 Å². The van der Waals surface area contributed by atoms with E-state index in [-0.39, 0.29) is 6.10 Å². The first-order valence-electron chi connectivity index (χ1n) is 3.92. The van der Waals surface area contributed by atoms with Crippen LogP contribution in [0.25, 0.3) is 0 Å². The van der Waals surface area contributed by atoms with Gasteiger partial charge in [0, 0.05) is 16.5 Å². The van der Waals surface area contributed by atoms with Gasteiger partial charge in [0.2, 0.25) is 0 Å². The van der Waals surface area contributed by atoms with Gasteiger partial charge in [-0.15, -0.1) is 0 Å². The van der Waals surface area contributed by atoms with Crippen molar-refractivity contribution in [3.05, 3.63) is 22.2 Å². The molecule has 0 aromatic heterocycles. The third kappa shape index (κ3) is 1.08. The van der Waals surface area contributed by atoms with Crippen molar-refractivity contribution < 1.29 is 4.74 Å². The van der Waals surface area contributed by atoms with Gasteiger partial charge in [0.1, 0.15) is 11.9 Å². The van der Waals surface area contributed by atoms with E-state index in [4.69, 9.17) is 10.5 Å². The molecular formula is C9H10BrNO. The lowest BCUT2D eigenvalue weighted by Gasteiger charge is -2.05. The van der Waals surface area contributed by atoms with Gasteiger partial charge in [-0.2, -0.15) is 0 Å². The smallest absolute Gasteiger partial charge is 0.147 e. The van der Waals surface area contributed by atoms with Gasteiger partial charge in [-0.3, -0.25) is 0 Å². The molecule has 0 fully saturated rings. The molecule has 0 amide bonds. The number of hydrogen-bond donors (Lipinski definition) is 1. The zero-order valence-corrected chi connectivity index (χ0v) is 8.39. The van der Waals surface area contributed by atoms with Crippen molar-refractivity contribution >= 4 is 21.6 Å². The van der Waals surface area contributed by atoms with Gasteiger partial charge in [0.25, 0.3) is 0 Å². The molecule has 0 radical (unpaired) electrons. The fraction of sp³-hybridized carbons (Fsp3) is 0.333. The minimum absolute atomic E-state index is 0.251. The fourth-order valence-corrected chi connectivity index (χ4v) is 1.96. The molecule has 1 aliphatic rings. The van der Waals surface area contributed by atoms with Crippen molar-refractivity contribution in [1.29, 1.82) is 0 Å². The number of nitrogen functional groups attached to an aromatic ring is 1. The second-order valence-electron chi connectivity index (χ2n) is 3.08. The zero-order chi connectivity index (χ0) is 8.72. The van der Waals surface area contributed by atoms with Crippen LogP contribution in [-0.2, 0) is 6.42 Å². The maximum atomic E-state index is 5.76. The Balaban J connectivity index is 2.56. The summed E-state index contributed by atoms with van der Waals surface area (Å²) >= 11 is 3.47. The Morgan fingerprint density at radius 2 is 2.33 bits per heavy atom. The Morgan fingerprint density at radius 3 is 3.00 bits per heavy atom. The standard InChI is InChI=1S/C9H10BrNO/c1-5-4-6-7(10)2-3-8(11)9(6)12-5/h2-3,5H,4,11H2,1H3/t5-/m1/s1. The summed E-state index contributed by atoms with van der Waals surface area (Å²) in [4.78, 5) is 0. The Hall–Kier alpha value is -0.700. The monoisotopic (exact) mass is 227 g/mol. The lowest BCUT2D eigenvalue weighted by atomic mass is 10.1. The van der Waals surface area contributed by atoms with Gasteiger partial charge >= 0.3 is 0 Å². The van der Waals surface area contributed by atoms with Crippen molar-refractivity contribution in [3.8, 4) is 5.75 Å². The topological polar surface area (TPSA) is 35.2 Å². The van der Waals surface area contributed by atoms with Crippen LogP contribution in [0.15, 0.2) is 16.6 Å². The molecule has 64 valence electrons. The molecule has 0 bridgehead atoms. The van der Waals surface area contributed by atoms with Crippen LogP contribution in [0.4, 0.5) is 5.69 Å². The normalized spacial score (nSPS) is 20.3.